The van der Waals surface area contributed by atoms with Gasteiger partial charge in [-0.15, -0.1) is 11.3 Å². The molecule has 0 spiro atoms. The van der Waals surface area contributed by atoms with Crippen molar-refractivity contribution < 1.29 is 0 Å². The summed E-state index contributed by atoms with van der Waals surface area (Å²) in [6.45, 7) is 2.71. The van der Waals surface area contributed by atoms with Crippen LogP contribution in [0.15, 0.2) is 0 Å². The molecule has 0 bridgehead atoms. The van der Waals surface area contributed by atoms with Crippen LogP contribution >= 0.6 is 11.3 Å². The second-order valence-corrected chi connectivity index (χ2v) is 3.88. The molecule has 0 aliphatic rings. The Hall–Kier alpha value is -0.610. The molecule has 0 atom stereocenters. The van der Waals surface area contributed by atoms with Crippen molar-refractivity contribution in [1.82, 2.24) is 4.98 Å². The number of aromatic nitrogens is 1. The first-order chi connectivity index (χ1) is 5.69. The smallest absolute Gasteiger partial charge is 0.185 e. The van der Waals surface area contributed by atoms with Crippen LogP contribution < -0.4 is 10.6 Å². The number of nitrogens with two attached hydrogens (primary N) is 1. The van der Waals surface area contributed by atoms with Crippen LogP contribution in [-0.2, 0) is 13.0 Å². The lowest BCUT2D eigenvalue weighted by molar-refractivity contribution is 0.975. The van der Waals surface area contributed by atoms with Crippen LogP contribution in [0.25, 0.3) is 0 Å². The normalized spacial score (nSPS) is 10.3. The number of aryl methyl sites for hydroxylation is 1. The summed E-state index contributed by atoms with van der Waals surface area (Å²) in [6, 6.07) is 0. The third-order valence-electron chi connectivity index (χ3n) is 1.67. The van der Waals surface area contributed by atoms with Crippen molar-refractivity contribution in [2.75, 3.05) is 19.0 Å². The topological polar surface area (TPSA) is 42.2 Å². The van der Waals surface area contributed by atoms with Gasteiger partial charge in [-0.2, -0.15) is 0 Å². The third-order valence-corrected chi connectivity index (χ3v) is 2.96. The molecule has 1 aromatic rings. The van der Waals surface area contributed by atoms with E-state index in [-0.39, 0.29) is 0 Å². The van der Waals surface area contributed by atoms with E-state index < -0.39 is 0 Å². The maximum Gasteiger partial charge on any atom is 0.185 e. The molecule has 12 heavy (non-hydrogen) atoms. The van der Waals surface area contributed by atoms with Gasteiger partial charge in [0.05, 0.1) is 5.69 Å². The largest absolute Gasteiger partial charge is 0.354 e. The minimum atomic E-state index is 0.606. The van der Waals surface area contributed by atoms with Gasteiger partial charge >= 0.3 is 0 Å². The number of nitrogens with zero attached hydrogens (tertiary/aromatic N) is 2. The van der Waals surface area contributed by atoms with Crippen molar-refractivity contribution in [2.45, 2.75) is 19.9 Å². The summed E-state index contributed by atoms with van der Waals surface area (Å²) in [6.07, 6.45) is 0.969. The molecule has 0 amide bonds. The minimum Gasteiger partial charge on any atom is -0.354 e. The molecule has 0 aliphatic heterocycles. The highest BCUT2D eigenvalue weighted by Gasteiger charge is 2.08. The van der Waals surface area contributed by atoms with Gasteiger partial charge in [-0.25, -0.2) is 4.98 Å². The molecule has 0 aromatic carbocycles. The molecule has 1 rings (SSSR count). The van der Waals surface area contributed by atoms with E-state index in [1.807, 2.05) is 19.0 Å². The van der Waals surface area contributed by atoms with Crippen molar-refractivity contribution in [3.8, 4) is 0 Å². The van der Waals surface area contributed by atoms with Crippen molar-refractivity contribution in [3.05, 3.63) is 10.6 Å². The molecule has 0 fully saturated rings. The molecule has 0 saturated carbocycles. The molecular formula is C8H15N3S. The van der Waals surface area contributed by atoms with E-state index in [0.29, 0.717) is 6.54 Å². The van der Waals surface area contributed by atoms with Crippen LogP contribution in [0.2, 0.25) is 0 Å². The monoisotopic (exact) mass is 185 g/mol. The van der Waals surface area contributed by atoms with E-state index in [0.717, 1.165) is 17.2 Å². The van der Waals surface area contributed by atoms with Gasteiger partial charge in [0.15, 0.2) is 5.13 Å². The van der Waals surface area contributed by atoms with E-state index in [4.69, 9.17) is 5.73 Å². The van der Waals surface area contributed by atoms with Gasteiger partial charge in [0.2, 0.25) is 0 Å². The van der Waals surface area contributed by atoms with Gasteiger partial charge in [-0.3, -0.25) is 0 Å². The fraction of sp³-hybridized carbons (Fsp3) is 0.625. The molecule has 0 aliphatic carbocycles. The van der Waals surface area contributed by atoms with Gasteiger partial charge in [0.25, 0.3) is 0 Å². The number of thiazole rings is 1. The van der Waals surface area contributed by atoms with Gasteiger partial charge in [0, 0.05) is 25.5 Å². The standard InChI is InChI=1S/C8H15N3S/c1-4-6-7(5-9)12-8(10-6)11(2)3/h4-5,9H2,1-3H3. The minimum absolute atomic E-state index is 0.606. The summed E-state index contributed by atoms with van der Waals surface area (Å²) < 4.78 is 0. The predicted octanol–water partition coefficient (Wildman–Crippen LogP) is 1.23. The van der Waals surface area contributed by atoms with E-state index in [1.165, 1.54) is 4.88 Å². The summed E-state index contributed by atoms with van der Waals surface area (Å²) in [7, 11) is 4.00. The van der Waals surface area contributed by atoms with Gasteiger partial charge in [-0.05, 0) is 6.42 Å². The molecule has 68 valence electrons. The maximum atomic E-state index is 5.59. The number of rotatable bonds is 3. The Bertz CT molecular complexity index is 233. The Labute approximate surface area is 77.2 Å². The van der Waals surface area contributed by atoms with Gasteiger partial charge in [-0.1, -0.05) is 6.92 Å². The van der Waals surface area contributed by atoms with E-state index in [1.54, 1.807) is 11.3 Å². The Balaban J connectivity index is 2.97. The maximum absolute atomic E-state index is 5.59. The zero-order valence-corrected chi connectivity index (χ0v) is 8.61. The fourth-order valence-electron chi connectivity index (χ4n) is 0.997. The zero-order valence-electron chi connectivity index (χ0n) is 7.79. The second kappa shape index (κ2) is 3.87. The Morgan fingerprint density at radius 3 is 2.50 bits per heavy atom. The third kappa shape index (κ3) is 1.76. The number of hydrogen-bond acceptors (Lipinski definition) is 4. The lowest BCUT2D eigenvalue weighted by Gasteiger charge is -2.05. The summed E-state index contributed by atoms with van der Waals surface area (Å²) in [4.78, 5) is 7.69. The Kier molecular flexibility index (Phi) is 3.05. The van der Waals surface area contributed by atoms with Crippen LogP contribution in [0, 0.1) is 0 Å². The zero-order chi connectivity index (χ0) is 9.14. The number of hydrogen-bond donors (Lipinski definition) is 1. The Morgan fingerprint density at radius 2 is 2.17 bits per heavy atom. The highest BCUT2D eigenvalue weighted by Crippen LogP contribution is 2.24. The first-order valence-electron chi connectivity index (χ1n) is 4.05. The van der Waals surface area contributed by atoms with Gasteiger partial charge < -0.3 is 10.6 Å². The Morgan fingerprint density at radius 1 is 1.50 bits per heavy atom. The summed E-state index contributed by atoms with van der Waals surface area (Å²) >= 11 is 1.68. The predicted molar refractivity (Wildman–Crippen MR) is 53.7 cm³/mol. The average Bonchev–Trinajstić information content (AvgIpc) is 2.46. The molecule has 1 aromatic heterocycles. The van der Waals surface area contributed by atoms with Crippen LogP contribution in [0.3, 0.4) is 0 Å². The number of anilines is 1. The molecule has 0 radical (unpaired) electrons. The van der Waals surface area contributed by atoms with Crippen LogP contribution in [0.4, 0.5) is 5.13 Å². The van der Waals surface area contributed by atoms with Crippen molar-refractivity contribution in [2.24, 2.45) is 5.73 Å². The van der Waals surface area contributed by atoms with Crippen molar-refractivity contribution >= 4 is 16.5 Å². The average molecular weight is 185 g/mol. The first-order valence-corrected chi connectivity index (χ1v) is 4.86. The first kappa shape index (κ1) is 9.48. The SMILES string of the molecule is CCc1nc(N(C)C)sc1CN. The molecular weight excluding hydrogens is 170 g/mol. The van der Waals surface area contributed by atoms with Crippen LogP contribution in [-0.4, -0.2) is 19.1 Å². The van der Waals surface area contributed by atoms with E-state index in [2.05, 4.69) is 11.9 Å². The highest BCUT2D eigenvalue weighted by atomic mass is 32.1. The van der Waals surface area contributed by atoms with Crippen molar-refractivity contribution in [1.29, 1.82) is 0 Å². The lowest BCUT2D eigenvalue weighted by Crippen LogP contribution is -2.07. The highest BCUT2D eigenvalue weighted by molar-refractivity contribution is 7.15. The molecule has 0 saturated heterocycles. The lowest BCUT2D eigenvalue weighted by atomic mass is 10.3. The fourth-order valence-corrected chi connectivity index (χ4v) is 1.95. The van der Waals surface area contributed by atoms with Crippen LogP contribution in [0.1, 0.15) is 17.5 Å². The summed E-state index contributed by atoms with van der Waals surface area (Å²) in [5.41, 5.74) is 6.74. The quantitative estimate of drug-likeness (QED) is 0.770. The summed E-state index contributed by atoms with van der Waals surface area (Å²) in [5, 5.41) is 1.05. The molecule has 3 nitrogen and oxygen atoms in total. The summed E-state index contributed by atoms with van der Waals surface area (Å²) in [5.74, 6) is 0. The van der Waals surface area contributed by atoms with Crippen molar-refractivity contribution in [3.63, 3.8) is 0 Å². The second-order valence-electron chi connectivity index (χ2n) is 2.82. The molecule has 0 unspecified atom stereocenters. The molecule has 2 N–H and O–H groups in total. The van der Waals surface area contributed by atoms with E-state index >= 15 is 0 Å². The molecule has 4 heteroatoms. The molecule has 1 heterocycles. The van der Waals surface area contributed by atoms with Crippen LogP contribution in [0.5, 0.6) is 0 Å². The van der Waals surface area contributed by atoms with Gasteiger partial charge in [0.1, 0.15) is 0 Å². The van der Waals surface area contributed by atoms with E-state index in [9.17, 15) is 0 Å².